The summed E-state index contributed by atoms with van der Waals surface area (Å²) in [5, 5.41) is 5.82. The van der Waals surface area contributed by atoms with E-state index in [0.717, 1.165) is 25.3 Å². The minimum Gasteiger partial charge on any atom is -0.494 e. The summed E-state index contributed by atoms with van der Waals surface area (Å²) >= 11 is 5.34. The molecular weight excluding hydrogens is 436 g/mol. The van der Waals surface area contributed by atoms with Crippen LogP contribution in [0.2, 0.25) is 0 Å². The van der Waals surface area contributed by atoms with Gasteiger partial charge in [0.2, 0.25) is 0 Å². The predicted molar refractivity (Wildman–Crippen MR) is 135 cm³/mol. The fourth-order valence-electron chi connectivity index (χ4n) is 3.40. The van der Waals surface area contributed by atoms with Crippen molar-refractivity contribution in [1.82, 2.24) is 15.1 Å². The standard InChI is InChI=1S/C25H32N4O3S/c1-18(2)12-17-32-20-10-8-19(9-11-20)23(30)27-25(33)26-22-7-5-4-6-21(22)24(31)29-15-13-28(3)14-16-29/h4-11,18H,12-17H2,1-3H3,(H2,26,27,30,33). The van der Waals surface area contributed by atoms with Crippen molar-refractivity contribution in [2.45, 2.75) is 20.3 Å². The Bertz CT molecular complexity index is 970. The summed E-state index contributed by atoms with van der Waals surface area (Å²) in [6.07, 6.45) is 0.973. The number of likely N-dealkylation sites (N-methyl/N-ethyl adjacent to an activating group) is 1. The Balaban J connectivity index is 1.57. The van der Waals surface area contributed by atoms with Crippen LogP contribution < -0.4 is 15.4 Å². The number of thiocarbonyl (C=S) groups is 1. The number of ether oxygens (including phenoxy) is 1. The van der Waals surface area contributed by atoms with Crippen molar-refractivity contribution >= 4 is 34.8 Å². The number of nitrogens with one attached hydrogen (secondary N) is 2. The van der Waals surface area contributed by atoms with E-state index < -0.39 is 0 Å². The van der Waals surface area contributed by atoms with E-state index in [4.69, 9.17) is 17.0 Å². The van der Waals surface area contributed by atoms with Crippen LogP contribution in [0.25, 0.3) is 0 Å². The summed E-state index contributed by atoms with van der Waals surface area (Å²) in [7, 11) is 2.05. The van der Waals surface area contributed by atoms with Gasteiger partial charge in [-0.05, 0) is 68.0 Å². The number of amides is 2. The molecule has 2 aromatic rings. The summed E-state index contributed by atoms with van der Waals surface area (Å²) in [5.74, 6) is 0.923. The molecule has 0 spiro atoms. The number of hydrogen-bond donors (Lipinski definition) is 2. The lowest BCUT2D eigenvalue weighted by atomic mass is 10.1. The van der Waals surface area contributed by atoms with Crippen molar-refractivity contribution in [3.8, 4) is 5.75 Å². The predicted octanol–water partition coefficient (Wildman–Crippen LogP) is 3.63. The SMILES string of the molecule is CC(C)CCOc1ccc(C(=O)NC(=S)Nc2ccccc2C(=O)N2CCN(C)CC2)cc1. The van der Waals surface area contributed by atoms with E-state index in [1.165, 1.54) is 0 Å². The molecule has 0 bridgehead atoms. The second-order valence-corrected chi connectivity index (χ2v) is 9.01. The number of rotatable bonds is 7. The molecule has 2 amide bonds. The topological polar surface area (TPSA) is 73.9 Å². The van der Waals surface area contributed by atoms with E-state index in [-0.39, 0.29) is 16.9 Å². The van der Waals surface area contributed by atoms with Gasteiger partial charge < -0.3 is 19.9 Å². The molecule has 0 saturated carbocycles. The Labute approximate surface area is 201 Å². The van der Waals surface area contributed by atoms with E-state index in [1.807, 2.05) is 24.1 Å². The van der Waals surface area contributed by atoms with Crippen molar-refractivity contribution in [3.63, 3.8) is 0 Å². The van der Waals surface area contributed by atoms with Gasteiger partial charge in [0.1, 0.15) is 5.75 Å². The van der Waals surface area contributed by atoms with Gasteiger partial charge in [-0.1, -0.05) is 26.0 Å². The summed E-state index contributed by atoms with van der Waals surface area (Å²) in [4.78, 5) is 29.7. The average molecular weight is 469 g/mol. The number of benzene rings is 2. The molecular formula is C25H32N4O3S. The maximum atomic E-state index is 13.0. The molecule has 0 unspecified atom stereocenters. The Morgan fingerprint density at radius 1 is 1.03 bits per heavy atom. The molecule has 2 aromatic carbocycles. The molecule has 176 valence electrons. The van der Waals surface area contributed by atoms with Crippen LogP contribution >= 0.6 is 12.2 Å². The van der Waals surface area contributed by atoms with Crippen LogP contribution in [0.1, 0.15) is 41.0 Å². The molecule has 7 nitrogen and oxygen atoms in total. The molecule has 33 heavy (non-hydrogen) atoms. The molecule has 1 fully saturated rings. The van der Waals surface area contributed by atoms with Gasteiger partial charge >= 0.3 is 0 Å². The van der Waals surface area contributed by atoms with Gasteiger partial charge in [-0.2, -0.15) is 0 Å². The van der Waals surface area contributed by atoms with Gasteiger partial charge in [0.05, 0.1) is 17.9 Å². The zero-order valence-electron chi connectivity index (χ0n) is 19.5. The third kappa shape index (κ3) is 7.27. The summed E-state index contributed by atoms with van der Waals surface area (Å²) in [6, 6.07) is 14.1. The molecule has 0 radical (unpaired) electrons. The highest BCUT2D eigenvalue weighted by molar-refractivity contribution is 7.80. The van der Waals surface area contributed by atoms with Crippen molar-refractivity contribution in [2.24, 2.45) is 5.92 Å². The summed E-state index contributed by atoms with van der Waals surface area (Å²) in [6.45, 7) is 7.99. The van der Waals surface area contributed by atoms with Crippen LogP contribution in [-0.4, -0.2) is 66.6 Å². The normalized spacial score (nSPS) is 14.1. The zero-order chi connectivity index (χ0) is 23.8. The van der Waals surface area contributed by atoms with Gasteiger partial charge in [0.15, 0.2) is 5.11 Å². The van der Waals surface area contributed by atoms with Crippen LogP contribution in [0.5, 0.6) is 5.75 Å². The largest absolute Gasteiger partial charge is 0.494 e. The molecule has 8 heteroatoms. The molecule has 1 heterocycles. The smallest absolute Gasteiger partial charge is 0.257 e. The molecule has 0 aliphatic carbocycles. The second-order valence-electron chi connectivity index (χ2n) is 8.60. The monoisotopic (exact) mass is 468 g/mol. The van der Waals surface area contributed by atoms with Crippen LogP contribution in [0.15, 0.2) is 48.5 Å². The van der Waals surface area contributed by atoms with Gasteiger partial charge in [-0.3, -0.25) is 14.9 Å². The maximum absolute atomic E-state index is 13.0. The second kappa shape index (κ2) is 11.8. The minimum absolute atomic E-state index is 0.0478. The minimum atomic E-state index is -0.330. The summed E-state index contributed by atoms with van der Waals surface area (Å²) < 4.78 is 5.69. The van der Waals surface area contributed by atoms with E-state index in [9.17, 15) is 9.59 Å². The molecule has 0 aromatic heterocycles. The Kier molecular flexibility index (Phi) is 8.79. The van der Waals surface area contributed by atoms with Gasteiger partial charge in [0.25, 0.3) is 11.8 Å². The van der Waals surface area contributed by atoms with Crippen LogP contribution in [0, 0.1) is 5.92 Å². The molecule has 1 aliphatic rings. The fourth-order valence-corrected chi connectivity index (χ4v) is 3.61. The van der Waals surface area contributed by atoms with Crippen molar-refractivity contribution in [1.29, 1.82) is 0 Å². The molecule has 3 rings (SSSR count). The third-order valence-corrected chi connectivity index (χ3v) is 5.71. The highest BCUT2D eigenvalue weighted by atomic mass is 32.1. The number of nitrogens with zero attached hydrogens (tertiary/aromatic N) is 2. The van der Waals surface area contributed by atoms with Crippen molar-refractivity contribution < 1.29 is 14.3 Å². The average Bonchev–Trinajstić information content (AvgIpc) is 2.79. The van der Waals surface area contributed by atoms with Gasteiger partial charge in [-0.25, -0.2) is 0 Å². The maximum Gasteiger partial charge on any atom is 0.257 e. The van der Waals surface area contributed by atoms with Crippen LogP contribution in [-0.2, 0) is 0 Å². The number of anilines is 1. The van der Waals surface area contributed by atoms with Crippen LogP contribution in [0.3, 0.4) is 0 Å². The van der Waals surface area contributed by atoms with E-state index in [1.54, 1.807) is 36.4 Å². The lowest BCUT2D eigenvalue weighted by Crippen LogP contribution is -2.47. The van der Waals surface area contributed by atoms with Crippen molar-refractivity contribution in [3.05, 3.63) is 59.7 Å². The van der Waals surface area contributed by atoms with Crippen LogP contribution in [0.4, 0.5) is 5.69 Å². The first-order valence-electron chi connectivity index (χ1n) is 11.3. The first-order valence-corrected chi connectivity index (χ1v) is 11.7. The fraction of sp³-hybridized carbons (Fsp3) is 0.400. The number of carbonyl (C=O) groups is 2. The third-order valence-electron chi connectivity index (χ3n) is 5.50. The first-order chi connectivity index (χ1) is 15.8. The number of carbonyl (C=O) groups excluding carboxylic acids is 2. The van der Waals surface area contributed by atoms with Crippen molar-refractivity contribution in [2.75, 3.05) is 45.2 Å². The zero-order valence-corrected chi connectivity index (χ0v) is 20.3. The molecule has 2 N–H and O–H groups in total. The van der Waals surface area contributed by atoms with E-state index in [2.05, 4.69) is 29.4 Å². The van der Waals surface area contributed by atoms with Gasteiger partial charge in [0, 0.05) is 31.7 Å². The highest BCUT2D eigenvalue weighted by Crippen LogP contribution is 2.19. The molecule has 1 aliphatic heterocycles. The Morgan fingerprint density at radius 2 is 1.70 bits per heavy atom. The molecule has 1 saturated heterocycles. The molecule has 0 atom stereocenters. The Morgan fingerprint density at radius 3 is 2.36 bits per heavy atom. The van der Waals surface area contributed by atoms with E-state index in [0.29, 0.717) is 42.4 Å². The lowest BCUT2D eigenvalue weighted by Gasteiger charge is -2.32. The number of piperazine rings is 1. The number of para-hydroxylation sites is 1. The van der Waals surface area contributed by atoms with E-state index >= 15 is 0 Å². The van der Waals surface area contributed by atoms with Gasteiger partial charge in [-0.15, -0.1) is 0 Å². The lowest BCUT2D eigenvalue weighted by molar-refractivity contribution is 0.0665. The first kappa shape index (κ1) is 24.7. The quantitative estimate of drug-likeness (QED) is 0.605. The summed E-state index contributed by atoms with van der Waals surface area (Å²) in [5.41, 5.74) is 1.57. The number of hydrogen-bond acceptors (Lipinski definition) is 5. The highest BCUT2D eigenvalue weighted by Gasteiger charge is 2.22. The Hall–Kier alpha value is -2.97.